The average Bonchev–Trinajstić information content (AvgIpc) is 3.19. The highest BCUT2D eigenvalue weighted by Gasteiger charge is 2.55. The van der Waals surface area contributed by atoms with Crippen molar-refractivity contribution in [3.05, 3.63) is 75.9 Å². The van der Waals surface area contributed by atoms with Gasteiger partial charge >= 0.3 is 0 Å². The van der Waals surface area contributed by atoms with Gasteiger partial charge in [-0.3, -0.25) is 9.36 Å². The molecule has 1 saturated carbocycles. The topological polar surface area (TPSA) is 91.6 Å². The first-order valence-corrected chi connectivity index (χ1v) is 9.95. The third-order valence-electron chi connectivity index (χ3n) is 6.22. The van der Waals surface area contributed by atoms with E-state index in [4.69, 9.17) is 4.52 Å². The number of fused-ring (bicyclic) bond motifs is 2. The number of nitrogens with zero attached hydrogens (tertiary/aromatic N) is 6. The van der Waals surface area contributed by atoms with Crippen molar-refractivity contribution in [3.63, 3.8) is 0 Å². The first kappa shape index (κ1) is 19.0. The van der Waals surface area contributed by atoms with E-state index in [2.05, 4.69) is 20.1 Å². The minimum Gasteiger partial charge on any atom is -0.337 e. The first-order chi connectivity index (χ1) is 15.4. The van der Waals surface area contributed by atoms with Crippen LogP contribution in [0.1, 0.15) is 29.6 Å². The van der Waals surface area contributed by atoms with Gasteiger partial charge in [0, 0.05) is 13.0 Å². The molecular weight excluding hydrogens is 425 g/mol. The second kappa shape index (κ2) is 6.62. The summed E-state index contributed by atoms with van der Waals surface area (Å²) >= 11 is 0. The Labute approximate surface area is 178 Å². The van der Waals surface area contributed by atoms with E-state index in [1.54, 1.807) is 11.6 Å². The van der Waals surface area contributed by atoms with Crippen molar-refractivity contribution < 1.29 is 17.7 Å². The maximum Gasteiger partial charge on any atom is 0.280 e. The second-order valence-electron chi connectivity index (χ2n) is 8.17. The largest absolute Gasteiger partial charge is 0.337 e. The van der Waals surface area contributed by atoms with Crippen molar-refractivity contribution in [2.75, 3.05) is 0 Å². The third kappa shape index (κ3) is 2.80. The number of halogens is 3. The van der Waals surface area contributed by atoms with Gasteiger partial charge in [0.1, 0.15) is 12.9 Å². The lowest BCUT2D eigenvalue weighted by molar-refractivity contribution is 0.364. The molecule has 2 aliphatic carbocycles. The zero-order chi connectivity index (χ0) is 22.1. The van der Waals surface area contributed by atoms with Crippen molar-refractivity contribution in [1.82, 2.24) is 29.2 Å². The van der Waals surface area contributed by atoms with Crippen LogP contribution in [-0.4, -0.2) is 29.2 Å². The van der Waals surface area contributed by atoms with E-state index >= 15 is 0 Å². The summed E-state index contributed by atoms with van der Waals surface area (Å²) in [4.78, 5) is 25.3. The Balaban J connectivity index is 1.20. The lowest BCUT2D eigenvalue weighted by atomic mass is 10.0. The van der Waals surface area contributed by atoms with E-state index in [1.165, 1.54) is 17.2 Å². The molecule has 0 saturated heterocycles. The van der Waals surface area contributed by atoms with Crippen LogP contribution in [-0.2, 0) is 13.6 Å². The molecule has 2 aliphatic rings. The molecule has 1 aromatic carbocycles. The molecule has 1 fully saturated rings. The van der Waals surface area contributed by atoms with Gasteiger partial charge in [0.25, 0.3) is 5.56 Å². The van der Waals surface area contributed by atoms with Crippen LogP contribution < -0.4 is 5.56 Å². The molecule has 0 amide bonds. The van der Waals surface area contributed by atoms with Crippen LogP contribution in [0.15, 0.2) is 40.2 Å². The van der Waals surface area contributed by atoms with Gasteiger partial charge < -0.3 is 9.09 Å². The fourth-order valence-electron chi connectivity index (χ4n) is 4.56. The maximum absolute atomic E-state index is 13.5. The molecule has 3 atom stereocenters. The summed E-state index contributed by atoms with van der Waals surface area (Å²) < 4.78 is 48.6. The molecule has 4 aromatic rings. The predicted octanol–water partition coefficient (Wildman–Crippen LogP) is 2.80. The highest BCUT2D eigenvalue weighted by molar-refractivity contribution is 5.71. The fraction of sp³-hybridized carbons (Fsp3) is 0.286. The standard InChI is InChI=1S/C21H15F3N6O2/c1-29-7-25-20-18(29)21(31)30(8-26-20)6-15-27-19(28-32-15)16-11-2-9(3-12(11)16)10-4-13(22)17(24)14(23)5-10/h2,4-5,7-8,11-12,16H,3,6H2,1H3. The molecule has 0 spiro atoms. The number of aryl methyl sites for hydroxylation is 1. The number of rotatable bonds is 4. The Morgan fingerprint density at radius 1 is 1.16 bits per heavy atom. The molecule has 0 radical (unpaired) electrons. The van der Waals surface area contributed by atoms with Gasteiger partial charge in [-0.05, 0) is 41.5 Å². The van der Waals surface area contributed by atoms with Gasteiger partial charge in [-0.2, -0.15) is 4.98 Å². The normalized spacial score (nSPS) is 21.8. The zero-order valence-electron chi connectivity index (χ0n) is 16.7. The summed E-state index contributed by atoms with van der Waals surface area (Å²) in [6, 6.07) is 2.03. The SMILES string of the molecule is Cn1cnc2ncn(Cc3nc(C4C5C=C(c6cc(F)c(F)c(F)c6)CC54)no3)c(=O)c21. The lowest BCUT2D eigenvalue weighted by Crippen LogP contribution is -2.22. The highest BCUT2D eigenvalue weighted by atomic mass is 19.2. The summed E-state index contributed by atoms with van der Waals surface area (Å²) in [5, 5.41) is 4.06. The molecule has 0 N–H and O–H groups in total. The highest BCUT2D eigenvalue weighted by Crippen LogP contribution is 2.62. The molecule has 162 valence electrons. The molecule has 0 bridgehead atoms. The van der Waals surface area contributed by atoms with Gasteiger partial charge in [-0.25, -0.2) is 23.1 Å². The van der Waals surface area contributed by atoms with Crippen LogP contribution in [0.3, 0.4) is 0 Å². The van der Waals surface area contributed by atoms with E-state index in [9.17, 15) is 18.0 Å². The number of benzene rings is 1. The Hall–Kier alpha value is -3.76. The Morgan fingerprint density at radius 2 is 1.91 bits per heavy atom. The summed E-state index contributed by atoms with van der Waals surface area (Å²) in [6.45, 7) is 0.0806. The van der Waals surface area contributed by atoms with Crippen LogP contribution in [0.25, 0.3) is 16.7 Å². The predicted molar refractivity (Wildman–Crippen MR) is 105 cm³/mol. The zero-order valence-corrected chi connectivity index (χ0v) is 16.7. The Kier molecular flexibility index (Phi) is 3.92. The van der Waals surface area contributed by atoms with Crippen molar-refractivity contribution in [3.8, 4) is 0 Å². The number of allylic oxidation sites excluding steroid dienone is 2. The third-order valence-corrected chi connectivity index (χ3v) is 6.22. The summed E-state index contributed by atoms with van der Waals surface area (Å²) in [5.74, 6) is -2.69. The lowest BCUT2D eigenvalue weighted by Gasteiger charge is -2.07. The van der Waals surface area contributed by atoms with Crippen molar-refractivity contribution in [2.24, 2.45) is 18.9 Å². The van der Waals surface area contributed by atoms with Crippen molar-refractivity contribution >= 4 is 16.7 Å². The molecule has 8 nitrogen and oxygen atoms in total. The first-order valence-electron chi connectivity index (χ1n) is 9.95. The summed E-state index contributed by atoms with van der Waals surface area (Å²) in [6.07, 6.45) is 5.44. The van der Waals surface area contributed by atoms with E-state index in [0.717, 1.165) is 17.7 Å². The van der Waals surface area contributed by atoms with E-state index < -0.39 is 17.5 Å². The quantitative estimate of drug-likeness (QED) is 0.453. The van der Waals surface area contributed by atoms with Crippen LogP contribution >= 0.6 is 0 Å². The van der Waals surface area contributed by atoms with E-state index in [1.807, 2.05) is 6.08 Å². The smallest absolute Gasteiger partial charge is 0.280 e. The van der Waals surface area contributed by atoms with Crippen molar-refractivity contribution in [2.45, 2.75) is 18.9 Å². The van der Waals surface area contributed by atoms with Crippen LogP contribution in [0.4, 0.5) is 13.2 Å². The van der Waals surface area contributed by atoms with Crippen LogP contribution in [0, 0.1) is 29.3 Å². The van der Waals surface area contributed by atoms with E-state index in [0.29, 0.717) is 29.0 Å². The molecule has 11 heteroatoms. The number of hydrogen-bond acceptors (Lipinski definition) is 6. The molecule has 3 unspecified atom stereocenters. The molecular formula is C21H15F3N6O2. The fourth-order valence-corrected chi connectivity index (χ4v) is 4.56. The van der Waals surface area contributed by atoms with Gasteiger partial charge in [0.2, 0.25) is 5.89 Å². The van der Waals surface area contributed by atoms with Gasteiger partial charge in [0.15, 0.2) is 34.4 Å². The molecule has 3 aromatic heterocycles. The average molecular weight is 440 g/mol. The van der Waals surface area contributed by atoms with Crippen molar-refractivity contribution in [1.29, 1.82) is 0 Å². The minimum atomic E-state index is -1.47. The van der Waals surface area contributed by atoms with E-state index in [-0.39, 0.29) is 35.7 Å². The maximum atomic E-state index is 13.5. The van der Waals surface area contributed by atoms with Gasteiger partial charge in [0.05, 0.1) is 6.33 Å². The Bertz CT molecular complexity index is 1460. The summed E-state index contributed by atoms with van der Waals surface area (Å²) in [7, 11) is 1.72. The van der Waals surface area contributed by atoms with Crippen LogP contribution in [0.5, 0.6) is 0 Å². The van der Waals surface area contributed by atoms with Crippen LogP contribution in [0.2, 0.25) is 0 Å². The number of imidazole rings is 1. The monoisotopic (exact) mass is 440 g/mol. The minimum absolute atomic E-state index is 0.0424. The molecule has 3 heterocycles. The van der Waals surface area contributed by atoms with Gasteiger partial charge in [-0.1, -0.05) is 11.2 Å². The van der Waals surface area contributed by atoms with Gasteiger partial charge in [-0.15, -0.1) is 0 Å². The Morgan fingerprint density at radius 3 is 2.62 bits per heavy atom. The molecule has 32 heavy (non-hydrogen) atoms. The number of hydrogen-bond donors (Lipinski definition) is 0. The summed E-state index contributed by atoms with van der Waals surface area (Å²) in [5.41, 5.74) is 1.62. The number of aromatic nitrogens is 6. The molecule has 0 aliphatic heterocycles. The second-order valence-corrected chi connectivity index (χ2v) is 8.17. The molecule has 6 rings (SSSR count).